The second kappa shape index (κ2) is 36.2. The topological polar surface area (TPSA) is 9.23 Å². The van der Waals surface area contributed by atoms with Crippen molar-refractivity contribution in [2.24, 2.45) is 0 Å². The summed E-state index contributed by atoms with van der Waals surface area (Å²) in [6.45, 7) is 9.21. The van der Waals surface area contributed by atoms with Crippen molar-refractivity contribution in [2.75, 3.05) is 0 Å². The highest BCUT2D eigenvalue weighted by molar-refractivity contribution is 4.59. The van der Waals surface area contributed by atoms with Crippen molar-refractivity contribution in [1.82, 2.24) is 0 Å². The lowest BCUT2D eigenvalue weighted by atomic mass is 10.0. The fourth-order valence-electron chi connectivity index (χ4n) is 6.49. The molecule has 0 heterocycles. The normalized spacial score (nSPS) is 13.2. The first-order valence-electron chi connectivity index (χ1n) is 19.9. The van der Waals surface area contributed by atoms with E-state index in [-0.39, 0.29) is 0 Å². The monoisotopic (exact) mass is 579 g/mol. The first kappa shape index (κ1) is 41.0. The van der Waals surface area contributed by atoms with Crippen molar-refractivity contribution in [3.63, 3.8) is 0 Å². The molecule has 0 aliphatic carbocycles. The van der Waals surface area contributed by atoms with Gasteiger partial charge in [0.2, 0.25) is 0 Å². The highest BCUT2D eigenvalue weighted by atomic mass is 16.5. The summed E-state index contributed by atoms with van der Waals surface area (Å²) in [5.41, 5.74) is 0. The maximum atomic E-state index is 6.30. The molecule has 0 saturated heterocycles. The van der Waals surface area contributed by atoms with E-state index in [1.54, 1.807) is 0 Å². The van der Waals surface area contributed by atoms with Gasteiger partial charge in [0.15, 0.2) is 0 Å². The Morgan fingerprint density at radius 3 is 0.634 bits per heavy atom. The molecule has 0 rings (SSSR count). The van der Waals surface area contributed by atoms with Crippen LogP contribution in [0.3, 0.4) is 0 Å². The first-order valence-corrected chi connectivity index (χ1v) is 19.9. The molecule has 0 bridgehead atoms. The molecule has 248 valence electrons. The van der Waals surface area contributed by atoms with Crippen molar-refractivity contribution in [2.45, 2.75) is 258 Å². The fourth-order valence-corrected chi connectivity index (χ4v) is 6.49. The van der Waals surface area contributed by atoms with Gasteiger partial charge in [-0.25, -0.2) is 0 Å². The second-order valence-electron chi connectivity index (χ2n) is 13.9. The molecule has 0 fully saturated rings. The Bertz CT molecular complexity index is 406. The van der Waals surface area contributed by atoms with Gasteiger partial charge in [0.1, 0.15) is 0 Å². The molecule has 41 heavy (non-hydrogen) atoms. The molecule has 0 aromatic carbocycles. The smallest absolute Gasteiger partial charge is 0.0550 e. The van der Waals surface area contributed by atoms with E-state index in [1.165, 1.54) is 218 Å². The number of hydrogen-bond donors (Lipinski definition) is 0. The molecule has 2 atom stereocenters. The summed E-state index contributed by atoms with van der Waals surface area (Å²) < 4.78 is 6.30. The van der Waals surface area contributed by atoms with Crippen LogP contribution in [0.15, 0.2) is 0 Å². The van der Waals surface area contributed by atoms with E-state index in [4.69, 9.17) is 4.74 Å². The Balaban J connectivity index is 3.26. The first-order chi connectivity index (χ1) is 20.2. The van der Waals surface area contributed by atoms with Crippen LogP contribution in [0, 0.1) is 0 Å². The zero-order valence-electron chi connectivity index (χ0n) is 29.6. The van der Waals surface area contributed by atoms with Crippen LogP contribution >= 0.6 is 0 Å². The maximum Gasteiger partial charge on any atom is 0.0550 e. The van der Waals surface area contributed by atoms with Crippen molar-refractivity contribution in [3.8, 4) is 0 Å². The third kappa shape index (κ3) is 36.1. The minimum absolute atomic E-state index is 0.442. The van der Waals surface area contributed by atoms with Crippen LogP contribution in [0.5, 0.6) is 0 Å². The molecule has 2 unspecified atom stereocenters. The van der Waals surface area contributed by atoms with E-state index < -0.39 is 0 Å². The van der Waals surface area contributed by atoms with Gasteiger partial charge in [-0.05, 0) is 26.7 Å². The molecule has 1 nitrogen and oxygen atoms in total. The molecular formula is C40H82O. The molecule has 0 aromatic rings. The highest BCUT2D eigenvalue weighted by Gasteiger charge is 2.08. The van der Waals surface area contributed by atoms with Gasteiger partial charge in [0.25, 0.3) is 0 Å². The summed E-state index contributed by atoms with van der Waals surface area (Å²) in [5, 5.41) is 0. The van der Waals surface area contributed by atoms with Crippen LogP contribution in [-0.2, 0) is 4.74 Å². The van der Waals surface area contributed by atoms with Crippen LogP contribution < -0.4 is 0 Å². The zero-order valence-corrected chi connectivity index (χ0v) is 29.6. The zero-order chi connectivity index (χ0) is 29.9. The van der Waals surface area contributed by atoms with Gasteiger partial charge in [0, 0.05) is 0 Å². The van der Waals surface area contributed by atoms with Crippen molar-refractivity contribution in [3.05, 3.63) is 0 Å². The third-order valence-electron chi connectivity index (χ3n) is 9.39. The molecule has 0 aromatic heterocycles. The molecule has 0 saturated carbocycles. The number of unbranched alkanes of at least 4 members (excludes halogenated alkanes) is 30. The average molecular weight is 579 g/mol. The molecule has 0 aliphatic heterocycles. The van der Waals surface area contributed by atoms with Crippen LogP contribution in [0.4, 0.5) is 0 Å². The van der Waals surface area contributed by atoms with Crippen molar-refractivity contribution >= 4 is 0 Å². The summed E-state index contributed by atoms with van der Waals surface area (Å²) in [4.78, 5) is 0. The minimum atomic E-state index is 0.442. The minimum Gasteiger partial charge on any atom is -0.376 e. The quantitative estimate of drug-likeness (QED) is 0.0672. The summed E-state index contributed by atoms with van der Waals surface area (Å²) in [6.07, 6.45) is 49.7. The molecule has 0 radical (unpaired) electrons. The Hall–Kier alpha value is -0.0400. The number of rotatable bonds is 36. The third-order valence-corrected chi connectivity index (χ3v) is 9.39. The van der Waals surface area contributed by atoms with Gasteiger partial charge in [-0.15, -0.1) is 0 Å². The van der Waals surface area contributed by atoms with Gasteiger partial charge in [-0.1, -0.05) is 219 Å². The Morgan fingerprint density at radius 2 is 0.439 bits per heavy atom. The highest BCUT2D eigenvalue weighted by Crippen LogP contribution is 2.18. The summed E-state index contributed by atoms with van der Waals surface area (Å²) in [7, 11) is 0. The van der Waals surface area contributed by atoms with E-state index in [2.05, 4.69) is 27.7 Å². The molecule has 1 heteroatoms. The van der Waals surface area contributed by atoms with Crippen LogP contribution in [0.2, 0.25) is 0 Å². The Labute approximate surface area is 262 Å². The lowest BCUT2D eigenvalue weighted by molar-refractivity contribution is -0.00232. The van der Waals surface area contributed by atoms with Crippen LogP contribution in [0.1, 0.15) is 246 Å². The summed E-state index contributed by atoms with van der Waals surface area (Å²) in [5.74, 6) is 0. The van der Waals surface area contributed by atoms with E-state index >= 15 is 0 Å². The average Bonchev–Trinajstić information content (AvgIpc) is 2.96. The lowest BCUT2D eigenvalue weighted by Gasteiger charge is -2.19. The maximum absolute atomic E-state index is 6.30. The van der Waals surface area contributed by atoms with Crippen molar-refractivity contribution < 1.29 is 4.74 Å². The number of hydrogen-bond acceptors (Lipinski definition) is 1. The fraction of sp³-hybridized carbons (Fsp3) is 1.00. The van der Waals surface area contributed by atoms with E-state index in [0.717, 1.165) is 0 Å². The van der Waals surface area contributed by atoms with Gasteiger partial charge in [0.05, 0.1) is 12.2 Å². The van der Waals surface area contributed by atoms with Crippen LogP contribution in [0.25, 0.3) is 0 Å². The molecule has 0 spiro atoms. The Kier molecular flexibility index (Phi) is 36.1. The molecule has 0 amide bonds. The number of ether oxygens (including phenoxy) is 1. The predicted molar refractivity (Wildman–Crippen MR) is 188 cm³/mol. The SMILES string of the molecule is CCCCCCCCCCCCCCCCCCC(C)OC(C)CCCCCCCCCCCCCCCCCC. The van der Waals surface area contributed by atoms with Gasteiger partial charge in [-0.2, -0.15) is 0 Å². The molecular weight excluding hydrogens is 496 g/mol. The van der Waals surface area contributed by atoms with Crippen molar-refractivity contribution in [1.29, 1.82) is 0 Å². The molecule has 0 N–H and O–H groups in total. The summed E-state index contributed by atoms with van der Waals surface area (Å²) >= 11 is 0. The predicted octanol–water partition coefficient (Wildman–Crippen LogP) is 15.1. The molecule has 0 aliphatic rings. The van der Waals surface area contributed by atoms with E-state index in [9.17, 15) is 0 Å². The second-order valence-corrected chi connectivity index (χ2v) is 13.9. The largest absolute Gasteiger partial charge is 0.376 e. The standard InChI is InChI=1S/C40H82O/c1-5-7-9-11-13-15-17-19-21-23-25-27-29-31-33-35-37-39(3)41-40(4)38-36-34-32-30-28-26-24-22-20-18-16-14-12-10-8-6-2/h39-40H,5-38H2,1-4H3. The van der Waals surface area contributed by atoms with E-state index in [0.29, 0.717) is 12.2 Å². The lowest BCUT2D eigenvalue weighted by Crippen LogP contribution is -2.17. The Morgan fingerprint density at radius 1 is 0.268 bits per heavy atom. The van der Waals surface area contributed by atoms with Crippen LogP contribution in [-0.4, -0.2) is 12.2 Å². The van der Waals surface area contributed by atoms with Gasteiger partial charge < -0.3 is 4.74 Å². The summed E-state index contributed by atoms with van der Waals surface area (Å²) in [6, 6.07) is 0. The van der Waals surface area contributed by atoms with Gasteiger partial charge in [-0.3, -0.25) is 0 Å². The van der Waals surface area contributed by atoms with Gasteiger partial charge >= 0.3 is 0 Å². The van der Waals surface area contributed by atoms with E-state index in [1.807, 2.05) is 0 Å².